The molecule has 0 bridgehead atoms. The van der Waals surface area contributed by atoms with Gasteiger partial charge in [0.15, 0.2) is 0 Å². The first-order valence-corrected chi connectivity index (χ1v) is 5.75. The van der Waals surface area contributed by atoms with Crippen LogP contribution in [0, 0.1) is 0 Å². The van der Waals surface area contributed by atoms with Crippen LogP contribution in [0.25, 0.3) is 0 Å². The zero-order chi connectivity index (χ0) is 11.8. The number of hydrogen-bond donors (Lipinski definition) is 2. The van der Waals surface area contributed by atoms with E-state index in [0.29, 0.717) is 13.0 Å². The Balaban J connectivity index is 0.00000256. The van der Waals surface area contributed by atoms with E-state index >= 15 is 0 Å². The van der Waals surface area contributed by atoms with Crippen molar-refractivity contribution in [1.29, 1.82) is 0 Å². The standard InChI is InChI=1S/C13H20N2O.ClH/c1-3-11-4-6-12(7-5-11)10-13(16)15-9-8-14-2;/h4-7,14H,3,8-10H2,1-2H3,(H,15,16);1H. The molecule has 0 unspecified atom stereocenters. The molecule has 0 aliphatic heterocycles. The van der Waals surface area contributed by atoms with Crippen LogP contribution in [0.3, 0.4) is 0 Å². The van der Waals surface area contributed by atoms with Gasteiger partial charge in [-0.2, -0.15) is 0 Å². The summed E-state index contributed by atoms with van der Waals surface area (Å²) in [4.78, 5) is 11.5. The first kappa shape index (κ1) is 15.9. The number of nitrogens with one attached hydrogen (secondary N) is 2. The van der Waals surface area contributed by atoms with Gasteiger partial charge in [0.2, 0.25) is 5.91 Å². The Bertz CT molecular complexity index is 325. The number of aryl methyl sites for hydroxylation is 1. The normalized spacial score (nSPS) is 9.53. The second kappa shape index (κ2) is 9.02. The Labute approximate surface area is 109 Å². The van der Waals surface area contributed by atoms with E-state index in [9.17, 15) is 4.79 Å². The number of rotatable bonds is 6. The third-order valence-corrected chi connectivity index (χ3v) is 2.49. The lowest BCUT2D eigenvalue weighted by Crippen LogP contribution is -2.31. The van der Waals surface area contributed by atoms with Gasteiger partial charge in [0.05, 0.1) is 6.42 Å². The van der Waals surface area contributed by atoms with Gasteiger partial charge in [-0.1, -0.05) is 31.2 Å². The van der Waals surface area contributed by atoms with E-state index in [2.05, 4.69) is 29.7 Å². The maximum absolute atomic E-state index is 11.5. The van der Waals surface area contributed by atoms with Gasteiger partial charge < -0.3 is 10.6 Å². The van der Waals surface area contributed by atoms with Crippen molar-refractivity contribution in [3.8, 4) is 0 Å². The molecule has 17 heavy (non-hydrogen) atoms. The molecule has 0 atom stereocenters. The lowest BCUT2D eigenvalue weighted by molar-refractivity contribution is -0.120. The number of likely N-dealkylation sites (N-methyl/N-ethyl adjacent to an activating group) is 1. The van der Waals surface area contributed by atoms with Gasteiger partial charge in [0.25, 0.3) is 0 Å². The molecule has 96 valence electrons. The van der Waals surface area contributed by atoms with E-state index in [4.69, 9.17) is 0 Å². The quantitative estimate of drug-likeness (QED) is 0.759. The monoisotopic (exact) mass is 256 g/mol. The van der Waals surface area contributed by atoms with E-state index in [1.165, 1.54) is 5.56 Å². The van der Waals surface area contributed by atoms with Crippen LogP contribution in [0.4, 0.5) is 0 Å². The summed E-state index contributed by atoms with van der Waals surface area (Å²) in [6, 6.07) is 8.21. The number of carbonyl (C=O) groups is 1. The molecule has 0 aliphatic carbocycles. The second-order valence-electron chi connectivity index (χ2n) is 3.80. The van der Waals surface area contributed by atoms with Crippen LogP contribution in [0.5, 0.6) is 0 Å². The topological polar surface area (TPSA) is 41.1 Å². The number of carbonyl (C=O) groups excluding carboxylic acids is 1. The molecule has 0 radical (unpaired) electrons. The van der Waals surface area contributed by atoms with Crippen LogP contribution < -0.4 is 10.6 Å². The summed E-state index contributed by atoms with van der Waals surface area (Å²) < 4.78 is 0. The van der Waals surface area contributed by atoms with Gasteiger partial charge in [0, 0.05) is 13.1 Å². The molecule has 0 fully saturated rings. The highest BCUT2D eigenvalue weighted by atomic mass is 35.5. The maximum atomic E-state index is 11.5. The highest BCUT2D eigenvalue weighted by Crippen LogP contribution is 2.05. The van der Waals surface area contributed by atoms with Gasteiger partial charge in [-0.15, -0.1) is 12.4 Å². The Morgan fingerprint density at radius 2 is 1.71 bits per heavy atom. The molecule has 0 spiro atoms. The molecule has 0 aromatic heterocycles. The molecular formula is C13H21ClN2O. The van der Waals surface area contributed by atoms with Crippen LogP contribution >= 0.6 is 12.4 Å². The van der Waals surface area contributed by atoms with Gasteiger partial charge in [-0.3, -0.25) is 4.79 Å². The Kier molecular flexibility index (Phi) is 8.46. The molecule has 0 saturated carbocycles. The second-order valence-corrected chi connectivity index (χ2v) is 3.80. The summed E-state index contributed by atoms with van der Waals surface area (Å²) in [5, 5.41) is 5.85. The van der Waals surface area contributed by atoms with Gasteiger partial charge in [-0.05, 0) is 24.6 Å². The van der Waals surface area contributed by atoms with Crippen molar-refractivity contribution >= 4 is 18.3 Å². The molecule has 1 rings (SSSR count). The smallest absolute Gasteiger partial charge is 0.224 e. The van der Waals surface area contributed by atoms with Gasteiger partial charge >= 0.3 is 0 Å². The molecule has 0 aliphatic rings. The third-order valence-electron chi connectivity index (χ3n) is 2.49. The molecular weight excluding hydrogens is 236 g/mol. The maximum Gasteiger partial charge on any atom is 0.224 e. The first-order valence-electron chi connectivity index (χ1n) is 5.75. The van der Waals surface area contributed by atoms with Crippen molar-refractivity contribution in [3.05, 3.63) is 35.4 Å². The third kappa shape index (κ3) is 6.29. The minimum Gasteiger partial charge on any atom is -0.355 e. The number of hydrogen-bond acceptors (Lipinski definition) is 2. The molecule has 1 aromatic carbocycles. The highest BCUT2D eigenvalue weighted by molar-refractivity contribution is 5.85. The van der Waals surface area contributed by atoms with Crippen molar-refractivity contribution in [3.63, 3.8) is 0 Å². The van der Waals surface area contributed by atoms with Crippen molar-refractivity contribution in [2.75, 3.05) is 20.1 Å². The molecule has 2 N–H and O–H groups in total. The van der Waals surface area contributed by atoms with E-state index < -0.39 is 0 Å². The Morgan fingerprint density at radius 1 is 1.12 bits per heavy atom. The molecule has 0 saturated heterocycles. The molecule has 4 heteroatoms. The fourth-order valence-electron chi connectivity index (χ4n) is 1.47. The Hall–Kier alpha value is -1.06. The van der Waals surface area contributed by atoms with E-state index in [1.54, 1.807) is 0 Å². The average Bonchev–Trinajstić information content (AvgIpc) is 2.30. The fraction of sp³-hybridized carbons (Fsp3) is 0.462. The fourth-order valence-corrected chi connectivity index (χ4v) is 1.47. The van der Waals surface area contributed by atoms with Gasteiger partial charge in [-0.25, -0.2) is 0 Å². The summed E-state index contributed by atoms with van der Waals surface area (Å²) in [7, 11) is 1.87. The molecule has 1 aromatic rings. The number of halogens is 1. The van der Waals surface area contributed by atoms with Gasteiger partial charge in [0.1, 0.15) is 0 Å². The Morgan fingerprint density at radius 3 is 2.24 bits per heavy atom. The van der Waals surface area contributed by atoms with Crippen LogP contribution in [-0.2, 0) is 17.6 Å². The number of amides is 1. The van der Waals surface area contributed by atoms with E-state index in [-0.39, 0.29) is 18.3 Å². The lowest BCUT2D eigenvalue weighted by atomic mass is 10.1. The molecule has 3 nitrogen and oxygen atoms in total. The van der Waals surface area contributed by atoms with Crippen molar-refractivity contribution < 1.29 is 4.79 Å². The summed E-state index contributed by atoms with van der Waals surface area (Å²) in [5.74, 6) is 0.0829. The van der Waals surface area contributed by atoms with E-state index in [1.807, 2.05) is 19.2 Å². The van der Waals surface area contributed by atoms with Crippen molar-refractivity contribution in [1.82, 2.24) is 10.6 Å². The largest absolute Gasteiger partial charge is 0.355 e. The molecule has 1 amide bonds. The average molecular weight is 257 g/mol. The summed E-state index contributed by atoms with van der Waals surface area (Å²) in [5.41, 5.74) is 2.37. The summed E-state index contributed by atoms with van der Waals surface area (Å²) in [6.45, 7) is 3.61. The predicted octanol–water partition coefficient (Wildman–Crippen LogP) is 1.55. The minimum absolute atomic E-state index is 0. The lowest BCUT2D eigenvalue weighted by Gasteiger charge is -2.05. The molecule has 0 heterocycles. The highest BCUT2D eigenvalue weighted by Gasteiger charge is 2.01. The minimum atomic E-state index is 0. The predicted molar refractivity (Wildman–Crippen MR) is 73.7 cm³/mol. The van der Waals surface area contributed by atoms with Crippen LogP contribution in [0.2, 0.25) is 0 Å². The zero-order valence-electron chi connectivity index (χ0n) is 10.5. The van der Waals surface area contributed by atoms with Crippen LogP contribution in [-0.4, -0.2) is 26.0 Å². The first-order chi connectivity index (χ1) is 7.76. The zero-order valence-corrected chi connectivity index (χ0v) is 11.3. The van der Waals surface area contributed by atoms with E-state index in [0.717, 1.165) is 18.5 Å². The number of benzene rings is 1. The van der Waals surface area contributed by atoms with Crippen molar-refractivity contribution in [2.45, 2.75) is 19.8 Å². The SMILES string of the molecule is CCc1ccc(CC(=O)NCCNC)cc1.Cl. The van der Waals surface area contributed by atoms with Crippen LogP contribution in [0.15, 0.2) is 24.3 Å². The van der Waals surface area contributed by atoms with Crippen molar-refractivity contribution in [2.24, 2.45) is 0 Å². The summed E-state index contributed by atoms with van der Waals surface area (Å²) >= 11 is 0. The summed E-state index contributed by atoms with van der Waals surface area (Å²) in [6.07, 6.45) is 1.50. The van der Waals surface area contributed by atoms with Crippen LogP contribution in [0.1, 0.15) is 18.1 Å².